The van der Waals surface area contributed by atoms with Crippen molar-refractivity contribution in [2.24, 2.45) is 0 Å². The molecular weight excluding hydrogens is 218 g/mol. The highest BCUT2D eigenvalue weighted by molar-refractivity contribution is 7.99. The lowest BCUT2D eigenvalue weighted by Crippen LogP contribution is -2.24. The predicted molar refractivity (Wildman–Crippen MR) is 69.0 cm³/mol. The molecule has 1 aromatic carbocycles. The zero-order valence-electron chi connectivity index (χ0n) is 9.72. The maximum Gasteiger partial charge on any atom is 0.0679 e. The van der Waals surface area contributed by atoms with Crippen LogP contribution in [0.5, 0.6) is 0 Å². The number of β-amino-alcohol motifs (C(OH)–C–C–N with tert-alkyl or cyclic N) is 1. The van der Waals surface area contributed by atoms with Crippen molar-refractivity contribution in [1.29, 1.82) is 0 Å². The van der Waals surface area contributed by atoms with Gasteiger partial charge in [0.1, 0.15) is 0 Å². The van der Waals surface area contributed by atoms with E-state index in [1.54, 1.807) is 0 Å². The third kappa shape index (κ3) is 3.51. The molecular formula is C13H19NOS. The Morgan fingerprint density at radius 2 is 2.12 bits per heavy atom. The van der Waals surface area contributed by atoms with Gasteiger partial charge in [-0.1, -0.05) is 17.7 Å². The van der Waals surface area contributed by atoms with Crippen LogP contribution < -0.4 is 0 Å². The Morgan fingerprint density at radius 1 is 1.38 bits per heavy atom. The lowest BCUT2D eigenvalue weighted by atomic mass is 10.2. The second kappa shape index (κ2) is 5.71. The molecule has 0 unspecified atom stereocenters. The fourth-order valence-electron chi connectivity index (χ4n) is 1.94. The van der Waals surface area contributed by atoms with E-state index in [-0.39, 0.29) is 6.10 Å². The number of aryl methyl sites for hydroxylation is 1. The number of aliphatic hydroxyl groups is 1. The number of thioether (sulfide) groups is 1. The van der Waals surface area contributed by atoms with E-state index in [0.29, 0.717) is 0 Å². The van der Waals surface area contributed by atoms with Crippen LogP contribution in [0.3, 0.4) is 0 Å². The topological polar surface area (TPSA) is 23.5 Å². The van der Waals surface area contributed by atoms with Crippen molar-refractivity contribution in [3.05, 3.63) is 29.8 Å². The third-order valence-electron chi connectivity index (χ3n) is 2.94. The summed E-state index contributed by atoms with van der Waals surface area (Å²) in [7, 11) is 0. The number of hydrogen-bond acceptors (Lipinski definition) is 3. The molecule has 2 nitrogen and oxygen atoms in total. The summed E-state index contributed by atoms with van der Waals surface area (Å²) in [6, 6.07) is 8.67. The fraction of sp³-hybridized carbons (Fsp3) is 0.538. The Balaban J connectivity index is 1.70. The number of likely N-dealkylation sites (tertiary alicyclic amines) is 1. The molecule has 1 heterocycles. The van der Waals surface area contributed by atoms with E-state index >= 15 is 0 Å². The molecule has 1 saturated heterocycles. The Labute approximate surface area is 102 Å². The van der Waals surface area contributed by atoms with Gasteiger partial charge in [0.25, 0.3) is 0 Å². The van der Waals surface area contributed by atoms with Crippen LogP contribution in [-0.2, 0) is 0 Å². The Hall–Kier alpha value is -0.510. The van der Waals surface area contributed by atoms with Gasteiger partial charge >= 0.3 is 0 Å². The second-order valence-electron chi connectivity index (χ2n) is 4.40. The van der Waals surface area contributed by atoms with Gasteiger partial charge in [-0.15, -0.1) is 11.8 Å². The van der Waals surface area contributed by atoms with Crippen molar-refractivity contribution in [3.8, 4) is 0 Å². The number of nitrogens with zero attached hydrogens (tertiary/aromatic N) is 1. The Bertz CT molecular complexity index is 325. The molecule has 0 saturated carbocycles. The summed E-state index contributed by atoms with van der Waals surface area (Å²) in [5.74, 6) is 1.11. The maximum absolute atomic E-state index is 9.40. The molecule has 1 aliphatic heterocycles. The first-order chi connectivity index (χ1) is 7.74. The summed E-state index contributed by atoms with van der Waals surface area (Å²) in [6.07, 6.45) is 0.847. The number of aliphatic hydroxyl groups excluding tert-OH is 1. The molecule has 0 spiro atoms. The Kier molecular flexibility index (Phi) is 4.27. The van der Waals surface area contributed by atoms with Crippen molar-refractivity contribution in [1.82, 2.24) is 4.90 Å². The van der Waals surface area contributed by atoms with Crippen molar-refractivity contribution in [2.45, 2.75) is 24.3 Å². The van der Waals surface area contributed by atoms with Crippen molar-refractivity contribution >= 4 is 11.8 Å². The monoisotopic (exact) mass is 237 g/mol. The molecule has 3 heteroatoms. The summed E-state index contributed by atoms with van der Waals surface area (Å²) in [4.78, 5) is 3.68. The van der Waals surface area contributed by atoms with Gasteiger partial charge in [0, 0.05) is 30.3 Å². The highest BCUT2D eigenvalue weighted by Crippen LogP contribution is 2.19. The maximum atomic E-state index is 9.40. The van der Waals surface area contributed by atoms with Crippen LogP contribution in [0.15, 0.2) is 29.2 Å². The minimum atomic E-state index is -0.0932. The molecule has 0 amide bonds. The van der Waals surface area contributed by atoms with Gasteiger partial charge in [0.05, 0.1) is 6.10 Å². The summed E-state index contributed by atoms with van der Waals surface area (Å²) >= 11 is 1.89. The van der Waals surface area contributed by atoms with Crippen LogP contribution in [0.4, 0.5) is 0 Å². The molecule has 0 bridgehead atoms. The van der Waals surface area contributed by atoms with Gasteiger partial charge < -0.3 is 5.11 Å². The Morgan fingerprint density at radius 3 is 2.75 bits per heavy atom. The van der Waals surface area contributed by atoms with Gasteiger partial charge in [-0.25, -0.2) is 0 Å². The smallest absolute Gasteiger partial charge is 0.0679 e. The molecule has 1 fully saturated rings. The molecule has 1 aromatic rings. The average Bonchev–Trinajstić information content (AvgIpc) is 2.67. The van der Waals surface area contributed by atoms with Gasteiger partial charge in [0.15, 0.2) is 0 Å². The van der Waals surface area contributed by atoms with E-state index in [1.807, 2.05) is 11.8 Å². The molecule has 0 aliphatic carbocycles. The third-order valence-corrected chi connectivity index (χ3v) is 3.94. The first-order valence-corrected chi connectivity index (χ1v) is 6.82. The lowest BCUT2D eigenvalue weighted by molar-refractivity contribution is 0.178. The molecule has 88 valence electrons. The molecule has 0 aromatic heterocycles. The number of benzene rings is 1. The van der Waals surface area contributed by atoms with Gasteiger partial charge in [-0.05, 0) is 25.5 Å². The zero-order valence-corrected chi connectivity index (χ0v) is 10.5. The van der Waals surface area contributed by atoms with Crippen LogP contribution in [0.2, 0.25) is 0 Å². The first-order valence-electron chi connectivity index (χ1n) is 5.84. The van der Waals surface area contributed by atoms with E-state index < -0.39 is 0 Å². The summed E-state index contributed by atoms with van der Waals surface area (Å²) in [5.41, 5.74) is 1.31. The average molecular weight is 237 g/mol. The minimum absolute atomic E-state index is 0.0932. The van der Waals surface area contributed by atoms with Gasteiger partial charge in [0.2, 0.25) is 0 Å². The van der Waals surface area contributed by atoms with Crippen molar-refractivity contribution in [3.63, 3.8) is 0 Å². The van der Waals surface area contributed by atoms with Crippen LogP contribution in [0, 0.1) is 6.92 Å². The minimum Gasteiger partial charge on any atom is -0.392 e. The number of rotatable bonds is 4. The highest BCUT2D eigenvalue weighted by Gasteiger charge is 2.19. The molecule has 16 heavy (non-hydrogen) atoms. The van der Waals surface area contributed by atoms with E-state index in [9.17, 15) is 5.11 Å². The van der Waals surface area contributed by atoms with E-state index in [4.69, 9.17) is 0 Å². The first kappa shape index (κ1) is 12.0. The molecule has 2 rings (SSSR count). The van der Waals surface area contributed by atoms with Crippen LogP contribution in [-0.4, -0.2) is 41.5 Å². The molecule has 1 N–H and O–H groups in total. The van der Waals surface area contributed by atoms with Gasteiger partial charge in [-0.3, -0.25) is 4.90 Å². The summed E-state index contributed by atoms with van der Waals surface area (Å²) in [6.45, 7) is 5.10. The van der Waals surface area contributed by atoms with E-state index in [0.717, 1.165) is 31.8 Å². The largest absolute Gasteiger partial charge is 0.392 e. The van der Waals surface area contributed by atoms with Crippen molar-refractivity contribution < 1.29 is 5.11 Å². The summed E-state index contributed by atoms with van der Waals surface area (Å²) < 4.78 is 0. The van der Waals surface area contributed by atoms with E-state index in [2.05, 4.69) is 36.1 Å². The summed E-state index contributed by atoms with van der Waals surface area (Å²) in [5, 5.41) is 9.40. The van der Waals surface area contributed by atoms with Crippen LogP contribution in [0.1, 0.15) is 12.0 Å². The normalized spacial score (nSPS) is 21.5. The van der Waals surface area contributed by atoms with Crippen LogP contribution in [0.25, 0.3) is 0 Å². The molecule has 1 atom stereocenters. The van der Waals surface area contributed by atoms with Gasteiger partial charge in [-0.2, -0.15) is 0 Å². The molecule has 0 radical (unpaired) electrons. The quantitative estimate of drug-likeness (QED) is 0.812. The highest BCUT2D eigenvalue weighted by atomic mass is 32.2. The molecule has 1 aliphatic rings. The van der Waals surface area contributed by atoms with Crippen LogP contribution >= 0.6 is 11.8 Å². The van der Waals surface area contributed by atoms with E-state index in [1.165, 1.54) is 10.5 Å². The van der Waals surface area contributed by atoms with Crippen molar-refractivity contribution in [2.75, 3.05) is 25.4 Å². The SMILES string of the molecule is Cc1ccc(SCCN2CC[C@@H](O)C2)cc1. The second-order valence-corrected chi connectivity index (χ2v) is 5.57. The fourth-order valence-corrected chi connectivity index (χ4v) is 2.86. The predicted octanol–water partition coefficient (Wildman–Crippen LogP) is 2.15. The zero-order chi connectivity index (χ0) is 11.4. The standard InChI is InChI=1S/C13H19NOS/c1-11-2-4-13(5-3-11)16-9-8-14-7-6-12(15)10-14/h2-5,12,15H,6-10H2,1H3/t12-/m1/s1. The number of hydrogen-bond donors (Lipinski definition) is 1. The lowest BCUT2D eigenvalue weighted by Gasteiger charge is -2.14.